The Morgan fingerprint density at radius 2 is 0.750 bits per heavy atom. The Kier molecular flexibility index (Phi) is 7.72. The predicted molar refractivity (Wildman–Crippen MR) is 168 cm³/mol. The van der Waals surface area contributed by atoms with Gasteiger partial charge < -0.3 is 14.2 Å². The highest BCUT2D eigenvalue weighted by molar-refractivity contribution is 7.57. The lowest BCUT2D eigenvalue weighted by molar-refractivity contribution is -0.0207. The van der Waals surface area contributed by atoms with Crippen LogP contribution in [0.4, 0.5) is 0 Å². The second kappa shape index (κ2) is 10.2. The van der Waals surface area contributed by atoms with E-state index < -0.39 is 0 Å². The Balaban J connectivity index is 1.06. The Morgan fingerprint density at radius 1 is 0.475 bits per heavy atom. The van der Waals surface area contributed by atoms with Crippen molar-refractivity contribution < 1.29 is 14.2 Å². The molecule has 40 heavy (non-hydrogen) atoms. The predicted octanol–water partition coefficient (Wildman–Crippen LogP) is 9.16. The maximum Gasteiger partial charge on any atom is 0.0773 e. The molecule has 0 heterocycles. The molecular weight excluding hydrogens is 511 g/mol. The van der Waals surface area contributed by atoms with Gasteiger partial charge in [0.2, 0.25) is 0 Å². The van der Waals surface area contributed by atoms with Gasteiger partial charge in [-0.2, -0.15) is 0 Å². The maximum absolute atomic E-state index is 6.94. The first-order valence-electron chi connectivity index (χ1n) is 17.4. The Labute approximate surface area is 248 Å². The summed E-state index contributed by atoms with van der Waals surface area (Å²) >= 11 is 0. The number of ether oxygens (including phenoxy) is 3. The van der Waals surface area contributed by atoms with Crippen LogP contribution in [0, 0.1) is 51.8 Å². The number of fused-ring (bicyclic) bond motifs is 3. The van der Waals surface area contributed by atoms with Gasteiger partial charge >= 0.3 is 0 Å². The first-order chi connectivity index (χ1) is 18.7. The van der Waals surface area contributed by atoms with Crippen LogP contribution in [0.5, 0.6) is 0 Å². The van der Waals surface area contributed by atoms with Crippen LogP contribution in [0.1, 0.15) is 120 Å². The van der Waals surface area contributed by atoms with Gasteiger partial charge in [-0.3, -0.25) is 0 Å². The molecule has 4 heteroatoms. The fourth-order valence-corrected chi connectivity index (χ4v) is 13.1. The molecule has 9 unspecified atom stereocenters. The van der Waals surface area contributed by atoms with Crippen molar-refractivity contribution in [3.05, 3.63) is 0 Å². The highest BCUT2D eigenvalue weighted by Crippen LogP contribution is 2.73. The number of rotatable bonds is 12. The van der Waals surface area contributed by atoms with E-state index in [0.29, 0.717) is 16.2 Å². The van der Waals surface area contributed by atoms with Gasteiger partial charge in [-0.25, -0.2) is 0 Å². The molecule has 0 radical (unpaired) electrons. The van der Waals surface area contributed by atoms with Crippen molar-refractivity contribution in [2.45, 2.75) is 137 Å². The van der Waals surface area contributed by atoms with Crippen molar-refractivity contribution in [2.24, 2.45) is 51.8 Å². The van der Waals surface area contributed by atoms with Gasteiger partial charge in [0.15, 0.2) is 0 Å². The highest BCUT2D eigenvalue weighted by atomic mass is 31.1. The molecule has 0 aromatic heterocycles. The van der Waals surface area contributed by atoms with Crippen molar-refractivity contribution in [1.82, 2.24) is 0 Å². The third kappa shape index (κ3) is 4.55. The minimum atomic E-state index is -0.154. The van der Waals surface area contributed by atoms with Crippen LogP contribution < -0.4 is 0 Å². The molecule has 6 aliphatic carbocycles. The molecule has 6 aliphatic rings. The normalized spacial score (nSPS) is 47.9. The monoisotopic (exact) mass is 574 g/mol. The smallest absolute Gasteiger partial charge is 0.0773 e. The zero-order valence-corrected chi connectivity index (χ0v) is 28.6. The lowest BCUT2D eigenvalue weighted by Crippen LogP contribution is -2.30. The topological polar surface area (TPSA) is 27.7 Å². The van der Waals surface area contributed by atoms with Crippen LogP contribution >= 0.6 is 7.92 Å². The average molecular weight is 575 g/mol. The molecule has 0 aromatic carbocycles. The average Bonchev–Trinajstić information content (AvgIpc) is 3.69. The molecule has 230 valence electrons. The zero-order chi connectivity index (χ0) is 28.8. The molecule has 9 atom stereocenters. The summed E-state index contributed by atoms with van der Waals surface area (Å²) in [6.07, 6.45) is 15.7. The van der Waals surface area contributed by atoms with Crippen molar-refractivity contribution in [3.8, 4) is 0 Å². The molecule has 6 saturated carbocycles. The molecule has 0 saturated heterocycles. The minimum Gasteiger partial charge on any atom is -0.374 e. The molecule has 0 aromatic rings. The SMILES string of the molecule is CC1CCC2C(C)(C)C2(OCCP(CCOC23CC(C)CCC2C3(C)C)CCOC23CC(C)CCC2C3(C)C)C1. The van der Waals surface area contributed by atoms with E-state index in [2.05, 4.69) is 62.3 Å². The molecular formula is C36H63O3P. The molecule has 3 nitrogen and oxygen atoms in total. The van der Waals surface area contributed by atoms with E-state index in [-0.39, 0.29) is 24.7 Å². The van der Waals surface area contributed by atoms with Crippen molar-refractivity contribution >= 4 is 7.92 Å². The van der Waals surface area contributed by atoms with Crippen LogP contribution in [0.15, 0.2) is 0 Å². The Morgan fingerprint density at radius 3 is 1.02 bits per heavy atom. The maximum atomic E-state index is 6.94. The summed E-state index contributed by atoms with van der Waals surface area (Å²) in [7, 11) is -0.154. The largest absolute Gasteiger partial charge is 0.374 e. The summed E-state index contributed by atoms with van der Waals surface area (Å²) in [6.45, 7) is 24.9. The van der Waals surface area contributed by atoms with Crippen LogP contribution in [0.25, 0.3) is 0 Å². The van der Waals surface area contributed by atoms with Crippen LogP contribution in [0.2, 0.25) is 0 Å². The Bertz CT molecular complexity index is 825. The van der Waals surface area contributed by atoms with Crippen LogP contribution in [-0.4, -0.2) is 55.1 Å². The molecule has 0 bridgehead atoms. The summed E-state index contributed by atoms with van der Waals surface area (Å²) < 4.78 is 20.8. The minimum absolute atomic E-state index is 0.154. The van der Waals surface area contributed by atoms with E-state index in [9.17, 15) is 0 Å². The van der Waals surface area contributed by atoms with E-state index in [1.54, 1.807) is 0 Å². The van der Waals surface area contributed by atoms with Gasteiger partial charge in [-0.15, -0.1) is 0 Å². The third-order valence-electron chi connectivity index (χ3n) is 14.4. The van der Waals surface area contributed by atoms with Crippen molar-refractivity contribution in [3.63, 3.8) is 0 Å². The molecule has 0 aliphatic heterocycles. The highest BCUT2D eigenvalue weighted by Gasteiger charge is 2.74. The van der Waals surface area contributed by atoms with Gasteiger partial charge in [-0.05, 0) is 109 Å². The third-order valence-corrected chi connectivity index (χ3v) is 16.9. The Hall–Kier alpha value is 0.310. The van der Waals surface area contributed by atoms with E-state index >= 15 is 0 Å². The fraction of sp³-hybridized carbons (Fsp3) is 1.00. The first kappa shape index (κ1) is 30.3. The van der Waals surface area contributed by atoms with Crippen molar-refractivity contribution in [2.75, 3.05) is 38.3 Å². The summed E-state index contributed by atoms with van der Waals surface area (Å²) in [5.74, 6) is 4.74. The fourth-order valence-electron chi connectivity index (χ4n) is 11.4. The summed E-state index contributed by atoms with van der Waals surface area (Å²) in [5, 5.41) is 0. The number of hydrogen-bond acceptors (Lipinski definition) is 3. The van der Waals surface area contributed by atoms with Gasteiger partial charge in [0.05, 0.1) is 36.6 Å². The lowest BCUT2D eigenvalue weighted by atomic mass is 9.88. The second-order valence-corrected chi connectivity index (χ2v) is 20.2. The second-order valence-electron chi connectivity index (χ2n) is 17.5. The van der Waals surface area contributed by atoms with Gasteiger partial charge in [0.25, 0.3) is 0 Å². The summed E-state index contributed by atoms with van der Waals surface area (Å²) in [5.41, 5.74) is 1.55. The van der Waals surface area contributed by atoms with E-state index in [0.717, 1.165) is 55.3 Å². The summed E-state index contributed by atoms with van der Waals surface area (Å²) in [4.78, 5) is 0. The van der Waals surface area contributed by atoms with Crippen LogP contribution in [-0.2, 0) is 14.2 Å². The van der Waals surface area contributed by atoms with Gasteiger partial charge in [0, 0.05) is 0 Å². The molecule has 6 fully saturated rings. The molecule has 0 N–H and O–H groups in total. The van der Waals surface area contributed by atoms with Gasteiger partial charge in [-0.1, -0.05) is 89.5 Å². The molecule has 0 amide bonds. The van der Waals surface area contributed by atoms with Gasteiger partial charge in [0.1, 0.15) is 0 Å². The standard InChI is InChI=1S/C36H63O3P/c1-25-10-13-28-31(4,5)34(28,22-25)37-16-19-40(20-17-38-35-23-26(2)11-14-29(35)32(35,6)7)21-18-39-36-24-27(3)12-15-30(36)33(36,8)9/h25-30H,10-24H2,1-9H3. The number of hydrogen-bond donors (Lipinski definition) is 0. The van der Waals surface area contributed by atoms with E-state index in [1.165, 1.54) is 76.3 Å². The van der Waals surface area contributed by atoms with Crippen molar-refractivity contribution in [1.29, 1.82) is 0 Å². The molecule has 0 spiro atoms. The first-order valence-corrected chi connectivity index (χ1v) is 19.3. The van der Waals surface area contributed by atoms with E-state index in [1.807, 2.05) is 0 Å². The lowest BCUT2D eigenvalue weighted by Gasteiger charge is -2.31. The van der Waals surface area contributed by atoms with Crippen LogP contribution in [0.3, 0.4) is 0 Å². The quantitative estimate of drug-likeness (QED) is 0.218. The van der Waals surface area contributed by atoms with E-state index in [4.69, 9.17) is 14.2 Å². The zero-order valence-electron chi connectivity index (χ0n) is 27.7. The summed E-state index contributed by atoms with van der Waals surface area (Å²) in [6, 6.07) is 0. The molecule has 6 rings (SSSR count).